The van der Waals surface area contributed by atoms with E-state index in [4.69, 9.17) is 0 Å². The molecule has 1 nitrogen and oxygen atoms in total. The zero-order valence-corrected chi connectivity index (χ0v) is 7.63. The third-order valence-corrected chi connectivity index (χ3v) is 1.53. The quantitative estimate of drug-likeness (QED) is 0.514. The lowest BCUT2D eigenvalue weighted by Crippen LogP contribution is -2.17. The molecule has 0 atom stereocenters. The number of halogens is 3. The monoisotopic (exact) mass is 202 g/mol. The first-order valence-electron chi connectivity index (χ1n) is 3.81. The van der Waals surface area contributed by atoms with Gasteiger partial charge in [0.25, 0.3) is 0 Å². The van der Waals surface area contributed by atoms with Gasteiger partial charge in [0.1, 0.15) is 6.61 Å². The molecule has 0 aromatic heterocycles. The van der Waals surface area contributed by atoms with Crippen LogP contribution in [0.2, 0.25) is 0 Å². The van der Waals surface area contributed by atoms with Crippen LogP contribution in [-0.4, -0.2) is 25.1 Å². The predicted octanol–water partition coefficient (Wildman–Crippen LogP) is 2.67. The highest BCUT2D eigenvalue weighted by Crippen LogP contribution is 2.14. The fourth-order valence-electron chi connectivity index (χ4n) is 0.681. The zero-order chi connectivity index (χ0) is 9.45. The molecule has 0 aliphatic heterocycles. The van der Waals surface area contributed by atoms with Crippen molar-refractivity contribution in [1.82, 2.24) is 0 Å². The van der Waals surface area contributed by atoms with Gasteiger partial charge >= 0.3 is 6.18 Å². The summed E-state index contributed by atoms with van der Waals surface area (Å²) >= 11 is 3.97. The number of hydrogen-bond donors (Lipinski definition) is 1. The van der Waals surface area contributed by atoms with Gasteiger partial charge in [-0.15, -0.1) is 0 Å². The number of rotatable bonds is 6. The van der Waals surface area contributed by atoms with Crippen LogP contribution >= 0.6 is 12.6 Å². The summed E-state index contributed by atoms with van der Waals surface area (Å²) in [5.74, 6) is 0.777. The highest BCUT2D eigenvalue weighted by Gasteiger charge is 2.26. The fourth-order valence-corrected chi connectivity index (χ4v) is 0.904. The Morgan fingerprint density at radius 1 is 1.08 bits per heavy atom. The van der Waals surface area contributed by atoms with Crippen LogP contribution in [0.25, 0.3) is 0 Å². The Morgan fingerprint density at radius 3 is 2.25 bits per heavy atom. The van der Waals surface area contributed by atoms with Crippen LogP contribution in [0.1, 0.15) is 19.3 Å². The molecule has 0 unspecified atom stereocenters. The van der Waals surface area contributed by atoms with Crippen LogP contribution in [-0.2, 0) is 4.74 Å². The topological polar surface area (TPSA) is 9.23 Å². The van der Waals surface area contributed by atoms with Crippen LogP contribution in [0, 0.1) is 0 Å². The van der Waals surface area contributed by atoms with Gasteiger partial charge in [0.2, 0.25) is 0 Å². The maximum Gasteiger partial charge on any atom is 0.411 e. The van der Waals surface area contributed by atoms with Gasteiger partial charge in [-0.05, 0) is 18.6 Å². The number of thiol groups is 1. The molecule has 0 aromatic rings. The van der Waals surface area contributed by atoms with Gasteiger partial charge in [0, 0.05) is 6.61 Å². The van der Waals surface area contributed by atoms with Gasteiger partial charge in [0.05, 0.1) is 0 Å². The molecule has 12 heavy (non-hydrogen) atoms. The molecule has 0 spiro atoms. The van der Waals surface area contributed by atoms with E-state index in [0.29, 0.717) is 6.42 Å². The number of hydrogen-bond acceptors (Lipinski definition) is 2. The molecule has 0 radical (unpaired) electrons. The third-order valence-electron chi connectivity index (χ3n) is 1.21. The lowest BCUT2D eigenvalue weighted by Gasteiger charge is -2.06. The Balaban J connectivity index is 3.01. The van der Waals surface area contributed by atoms with E-state index in [1.165, 1.54) is 0 Å². The van der Waals surface area contributed by atoms with E-state index in [1.807, 2.05) is 0 Å². The summed E-state index contributed by atoms with van der Waals surface area (Å²) < 4.78 is 38.9. The maximum atomic E-state index is 11.5. The van der Waals surface area contributed by atoms with Crippen molar-refractivity contribution in [1.29, 1.82) is 0 Å². The van der Waals surface area contributed by atoms with Gasteiger partial charge in [0.15, 0.2) is 0 Å². The van der Waals surface area contributed by atoms with Crippen LogP contribution in [0.5, 0.6) is 0 Å². The highest BCUT2D eigenvalue weighted by molar-refractivity contribution is 7.80. The van der Waals surface area contributed by atoms with Crippen molar-refractivity contribution in [3.63, 3.8) is 0 Å². The third kappa shape index (κ3) is 10.1. The minimum absolute atomic E-state index is 0.188. The Kier molecular flexibility index (Phi) is 6.65. The summed E-state index contributed by atoms with van der Waals surface area (Å²) in [7, 11) is 0. The molecule has 0 saturated heterocycles. The first kappa shape index (κ1) is 12.1. The predicted molar refractivity (Wildman–Crippen MR) is 44.6 cm³/mol. The first-order chi connectivity index (χ1) is 5.56. The van der Waals surface area contributed by atoms with Crippen LogP contribution in [0.4, 0.5) is 13.2 Å². The molecular weight excluding hydrogens is 189 g/mol. The van der Waals surface area contributed by atoms with Gasteiger partial charge in [-0.25, -0.2) is 0 Å². The average molecular weight is 202 g/mol. The van der Waals surface area contributed by atoms with Crippen LogP contribution in [0.3, 0.4) is 0 Å². The standard InChI is InChI=1S/C7H13F3OS/c8-7(9,10)6-11-4-2-1-3-5-12/h12H,1-6H2. The van der Waals surface area contributed by atoms with Crippen LogP contribution in [0.15, 0.2) is 0 Å². The summed E-state index contributed by atoms with van der Waals surface area (Å²) in [6.07, 6.45) is -1.71. The van der Waals surface area contributed by atoms with Gasteiger partial charge in [-0.1, -0.05) is 6.42 Å². The molecule has 0 rings (SSSR count). The number of ether oxygens (including phenoxy) is 1. The molecule has 0 heterocycles. The number of unbranched alkanes of at least 4 members (excludes halogenated alkanes) is 2. The average Bonchev–Trinajstić information content (AvgIpc) is 1.94. The minimum atomic E-state index is -4.19. The lowest BCUT2D eigenvalue weighted by molar-refractivity contribution is -0.174. The second kappa shape index (κ2) is 6.60. The lowest BCUT2D eigenvalue weighted by atomic mass is 10.3. The van der Waals surface area contributed by atoms with Crippen molar-refractivity contribution in [2.24, 2.45) is 0 Å². The smallest absolute Gasteiger partial charge is 0.372 e. The molecule has 0 saturated carbocycles. The highest BCUT2D eigenvalue weighted by atomic mass is 32.1. The number of alkyl halides is 3. The Morgan fingerprint density at radius 2 is 1.75 bits per heavy atom. The van der Waals surface area contributed by atoms with E-state index in [0.717, 1.165) is 18.6 Å². The molecule has 5 heteroatoms. The van der Waals surface area contributed by atoms with E-state index in [2.05, 4.69) is 17.4 Å². The molecule has 0 aliphatic rings. The van der Waals surface area contributed by atoms with Crippen LogP contribution < -0.4 is 0 Å². The molecule has 0 N–H and O–H groups in total. The largest absolute Gasteiger partial charge is 0.411 e. The fraction of sp³-hybridized carbons (Fsp3) is 1.00. The Bertz CT molecular complexity index is 105. The first-order valence-corrected chi connectivity index (χ1v) is 4.45. The van der Waals surface area contributed by atoms with Gasteiger partial charge in [-0.3, -0.25) is 0 Å². The molecule has 0 aliphatic carbocycles. The van der Waals surface area contributed by atoms with Crippen molar-refractivity contribution in [3.05, 3.63) is 0 Å². The molecule has 0 bridgehead atoms. The minimum Gasteiger partial charge on any atom is -0.372 e. The summed E-state index contributed by atoms with van der Waals surface area (Å²) in [6.45, 7) is -0.943. The van der Waals surface area contributed by atoms with E-state index in [9.17, 15) is 13.2 Å². The summed E-state index contributed by atoms with van der Waals surface area (Å²) in [5, 5.41) is 0. The zero-order valence-electron chi connectivity index (χ0n) is 6.73. The Hall–Kier alpha value is 0.100. The van der Waals surface area contributed by atoms with Crippen molar-refractivity contribution >= 4 is 12.6 Å². The summed E-state index contributed by atoms with van der Waals surface area (Å²) in [4.78, 5) is 0. The molecule has 74 valence electrons. The Labute approximate surface area is 75.7 Å². The van der Waals surface area contributed by atoms with E-state index >= 15 is 0 Å². The molecule has 0 aromatic carbocycles. The van der Waals surface area contributed by atoms with Gasteiger partial charge in [-0.2, -0.15) is 25.8 Å². The maximum absolute atomic E-state index is 11.5. The normalized spacial score (nSPS) is 12.0. The van der Waals surface area contributed by atoms with E-state index in [-0.39, 0.29) is 6.61 Å². The van der Waals surface area contributed by atoms with Crippen molar-refractivity contribution in [2.45, 2.75) is 25.4 Å². The molecule has 0 fully saturated rings. The van der Waals surface area contributed by atoms with Crippen molar-refractivity contribution in [2.75, 3.05) is 19.0 Å². The molecular formula is C7H13F3OS. The van der Waals surface area contributed by atoms with Gasteiger partial charge < -0.3 is 4.74 Å². The van der Waals surface area contributed by atoms with Crippen molar-refractivity contribution in [3.8, 4) is 0 Å². The second-order valence-electron chi connectivity index (χ2n) is 2.45. The summed E-state index contributed by atoms with van der Waals surface area (Å²) in [6, 6.07) is 0. The molecule has 0 amide bonds. The SMILES string of the molecule is FC(F)(F)COCCCCCS. The summed E-state index contributed by atoms with van der Waals surface area (Å²) in [5.41, 5.74) is 0. The second-order valence-corrected chi connectivity index (χ2v) is 2.90. The van der Waals surface area contributed by atoms with E-state index in [1.54, 1.807) is 0 Å². The van der Waals surface area contributed by atoms with Crippen molar-refractivity contribution < 1.29 is 17.9 Å². The van der Waals surface area contributed by atoms with E-state index < -0.39 is 12.8 Å².